The number of carbonyl (C=O) groups is 1. The van der Waals surface area contributed by atoms with Crippen molar-refractivity contribution in [2.45, 2.75) is 30.7 Å². The average molecular weight is 300 g/mol. The quantitative estimate of drug-likeness (QED) is 0.795. The SMILES string of the molecule is CCOC(=O)C1CCCN1S(=O)(=O)c1ccc(=O)[nH]c1. The lowest BCUT2D eigenvalue weighted by atomic mass is 10.2. The van der Waals surface area contributed by atoms with Gasteiger partial charge in [-0.3, -0.25) is 9.59 Å². The molecule has 0 bridgehead atoms. The monoisotopic (exact) mass is 300 g/mol. The Morgan fingerprint density at radius 3 is 2.85 bits per heavy atom. The van der Waals surface area contributed by atoms with Gasteiger partial charge >= 0.3 is 5.97 Å². The van der Waals surface area contributed by atoms with E-state index in [4.69, 9.17) is 4.74 Å². The molecule has 1 aromatic rings. The number of pyridine rings is 1. The first-order chi connectivity index (χ1) is 9.46. The van der Waals surface area contributed by atoms with Crippen molar-refractivity contribution < 1.29 is 17.9 Å². The zero-order valence-electron chi connectivity index (χ0n) is 11.0. The molecule has 0 amide bonds. The maximum absolute atomic E-state index is 12.5. The zero-order chi connectivity index (χ0) is 14.8. The summed E-state index contributed by atoms with van der Waals surface area (Å²) in [7, 11) is -3.81. The predicted molar refractivity (Wildman–Crippen MR) is 70.6 cm³/mol. The maximum atomic E-state index is 12.5. The molecule has 20 heavy (non-hydrogen) atoms. The summed E-state index contributed by atoms with van der Waals surface area (Å²) in [5.74, 6) is -0.530. The highest BCUT2D eigenvalue weighted by atomic mass is 32.2. The Morgan fingerprint density at radius 2 is 2.25 bits per heavy atom. The van der Waals surface area contributed by atoms with E-state index in [-0.39, 0.29) is 23.6 Å². The van der Waals surface area contributed by atoms with Gasteiger partial charge in [0, 0.05) is 18.8 Å². The summed E-state index contributed by atoms with van der Waals surface area (Å²) in [5, 5.41) is 0. The molecule has 1 unspecified atom stereocenters. The second-order valence-electron chi connectivity index (χ2n) is 4.41. The standard InChI is InChI=1S/C12H16N2O5S/c1-2-19-12(16)10-4-3-7-14(10)20(17,18)9-5-6-11(15)13-8-9/h5-6,8,10H,2-4,7H2,1H3,(H,13,15). The van der Waals surface area contributed by atoms with Crippen LogP contribution in [0.25, 0.3) is 0 Å². The van der Waals surface area contributed by atoms with E-state index in [0.29, 0.717) is 12.8 Å². The topological polar surface area (TPSA) is 96.5 Å². The normalized spacial score (nSPS) is 19.9. The van der Waals surface area contributed by atoms with Crippen molar-refractivity contribution in [2.24, 2.45) is 0 Å². The van der Waals surface area contributed by atoms with Gasteiger partial charge in [-0.05, 0) is 25.8 Å². The van der Waals surface area contributed by atoms with Crippen LogP contribution in [-0.2, 0) is 19.6 Å². The minimum absolute atomic E-state index is 0.0340. The van der Waals surface area contributed by atoms with Crippen molar-refractivity contribution in [3.8, 4) is 0 Å². The number of H-pyrrole nitrogens is 1. The summed E-state index contributed by atoms with van der Waals surface area (Å²) < 4.78 is 31.0. The van der Waals surface area contributed by atoms with Gasteiger partial charge in [-0.1, -0.05) is 0 Å². The van der Waals surface area contributed by atoms with Crippen LogP contribution in [0, 0.1) is 0 Å². The fraction of sp³-hybridized carbons (Fsp3) is 0.500. The van der Waals surface area contributed by atoms with Crippen LogP contribution in [-0.4, -0.2) is 42.9 Å². The van der Waals surface area contributed by atoms with Gasteiger partial charge in [0.2, 0.25) is 15.6 Å². The zero-order valence-corrected chi connectivity index (χ0v) is 11.9. The van der Waals surface area contributed by atoms with Gasteiger partial charge in [0.15, 0.2) is 0 Å². The van der Waals surface area contributed by atoms with Crippen molar-refractivity contribution in [2.75, 3.05) is 13.2 Å². The highest BCUT2D eigenvalue weighted by molar-refractivity contribution is 7.89. The summed E-state index contributed by atoms with van der Waals surface area (Å²) in [5.41, 5.74) is -0.382. The third-order valence-corrected chi connectivity index (χ3v) is 5.03. The van der Waals surface area contributed by atoms with Crippen molar-refractivity contribution in [1.82, 2.24) is 9.29 Å². The van der Waals surface area contributed by atoms with Crippen molar-refractivity contribution in [1.29, 1.82) is 0 Å². The predicted octanol–water partition coefficient (Wildman–Crippen LogP) is 0.0911. The number of nitrogens with one attached hydrogen (secondary N) is 1. The largest absolute Gasteiger partial charge is 0.465 e. The molecule has 0 aromatic carbocycles. The molecule has 2 heterocycles. The number of rotatable bonds is 4. The molecular formula is C12H16N2O5S. The Bertz CT molecular complexity index is 632. The molecule has 1 N–H and O–H groups in total. The molecule has 0 aliphatic carbocycles. The smallest absolute Gasteiger partial charge is 0.324 e. The summed E-state index contributed by atoms with van der Waals surface area (Å²) in [4.78, 5) is 25.1. The van der Waals surface area contributed by atoms with E-state index in [1.54, 1.807) is 6.92 Å². The Kier molecular flexibility index (Phi) is 4.24. The molecule has 2 rings (SSSR count). The fourth-order valence-corrected chi connectivity index (χ4v) is 3.81. The summed E-state index contributed by atoms with van der Waals surface area (Å²) >= 11 is 0. The van der Waals surface area contributed by atoms with Gasteiger partial charge in [-0.25, -0.2) is 8.42 Å². The van der Waals surface area contributed by atoms with Crippen LogP contribution in [0.1, 0.15) is 19.8 Å². The number of carbonyl (C=O) groups excluding carboxylic acids is 1. The lowest BCUT2D eigenvalue weighted by molar-refractivity contribution is -0.146. The molecule has 1 fully saturated rings. The lowest BCUT2D eigenvalue weighted by Gasteiger charge is -2.22. The first-order valence-electron chi connectivity index (χ1n) is 6.34. The van der Waals surface area contributed by atoms with Crippen molar-refractivity contribution in [3.63, 3.8) is 0 Å². The second-order valence-corrected chi connectivity index (χ2v) is 6.31. The molecule has 8 heteroatoms. The molecule has 1 atom stereocenters. The van der Waals surface area contributed by atoms with Gasteiger partial charge in [-0.15, -0.1) is 0 Å². The van der Waals surface area contributed by atoms with Crippen LogP contribution < -0.4 is 5.56 Å². The van der Waals surface area contributed by atoms with Gasteiger partial charge in [0.1, 0.15) is 6.04 Å². The Hall–Kier alpha value is -1.67. The number of nitrogens with zero attached hydrogens (tertiary/aromatic N) is 1. The number of ether oxygens (including phenoxy) is 1. The molecule has 7 nitrogen and oxygen atoms in total. The average Bonchev–Trinajstić information content (AvgIpc) is 2.89. The minimum Gasteiger partial charge on any atom is -0.465 e. The third kappa shape index (κ3) is 2.75. The van der Waals surface area contributed by atoms with Crippen molar-refractivity contribution >= 4 is 16.0 Å². The van der Waals surface area contributed by atoms with Gasteiger partial charge in [0.25, 0.3) is 0 Å². The second kappa shape index (κ2) is 5.76. The van der Waals surface area contributed by atoms with E-state index >= 15 is 0 Å². The lowest BCUT2D eigenvalue weighted by Crippen LogP contribution is -2.41. The first-order valence-corrected chi connectivity index (χ1v) is 7.78. The van der Waals surface area contributed by atoms with E-state index in [0.717, 1.165) is 16.6 Å². The molecule has 1 saturated heterocycles. The summed E-state index contributed by atoms with van der Waals surface area (Å²) in [6, 6.07) is 1.59. The molecule has 0 spiro atoms. The van der Waals surface area contributed by atoms with E-state index in [1.807, 2.05) is 0 Å². The molecule has 0 saturated carbocycles. The highest BCUT2D eigenvalue weighted by Gasteiger charge is 2.40. The molecule has 1 aliphatic heterocycles. The number of aromatic amines is 1. The van der Waals surface area contributed by atoms with E-state index in [1.165, 1.54) is 6.07 Å². The summed E-state index contributed by atoms with van der Waals surface area (Å²) in [6.07, 6.45) is 2.19. The van der Waals surface area contributed by atoms with E-state index in [2.05, 4.69) is 4.98 Å². The molecule has 1 aliphatic rings. The maximum Gasteiger partial charge on any atom is 0.324 e. The molecule has 110 valence electrons. The van der Waals surface area contributed by atoms with Gasteiger partial charge in [0.05, 0.1) is 11.5 Å². The first kappa shape index (κ1) is 14.7. The van der Waals surface area contributed by atoms with Crippen LogP contribution in [0.2, 0.25) is 0 Å². The number of hydrogen-bond acceptors (Lipinski definition) is 5. The highest BCUT2D eigenvalue weighted by Crippen LogP contribution is 2.26. The van der Waals surface area contributed by atoms with E-state index in [9.17, 15) is 18.0 Å². The van der Waals surface area contributed by atoms with E-state index < -0.39 is 22.0 Å². The molecular weight excluding hydrogens is 284 g/mol. The summed E-state index contributed by atoms with van der Waals surface area (Å²) in [6.45, 7) is 2.15. The Labute approximate surface area is 116 Å². The number of aromatic nitrogens is 1. The third-order valence-electron chi connectivity index (χ3n) is 3.12. The van der Waals surface area contributed by atoms with Crippen LogP contribution in [0.5, 0.6) is 0 Å². The minimum atomic E-state index is -3.81. The van der Waals surface area contributed by atoms with Gasteiger partial charge < -0.3 is 9.72 Å². The number of hydrogen-bond donors (Lipinski definition) is 1. The fourth-order valence-electron chi connectivity index (χ4n) is 2.19. The molecule has 0 radical (unpaired) electrons. The Balaban J connectivity index is 2.30. The van der Waals surface area contributed by atoms with Crippen LogP contribution in [0.15, 0.2) is 28.0 Å². The van der Waals surface area contributed by atoms with Crippen LogP contribution in [0.3, 0.4) is 0 Å². The number of sulfonamides is 1. The number of esters is 1. The molecule has 1 aromatic heterocycles. The van der Waals surface area contributed by atoms with Crippen LogP contribution in [0.4, 0.5) is 0 Å². The Morgan fingerprint density at radius 1 is 1.50 bits per heavy atom. The van der Waals surface area contributed by atoms with Crippen molar-refractivity contribution in [3.05, 3.63) is 28.7 Å². The van der Waals surface area contributed by atoms with Crippen LogP contribution >= 0.6 is 0 Å². The van der Waals surface area contributed by atoms with Gasteiger partial charge in [-0.2, -0.15) is 4.31 Å².